The van der Waals surface area contributed by atoms with Gasteiger partial charge < -0.3 is 9.47 Å². The lowest BCUT2D eigenvalue weighted by Gasteiger charge is -2.29. The smallest absolute Gasteiger partial charge is 0.278 e. The van der Waals surface area contributed by atoms with Crippen LogP contribution in [0.15, 0.2) is 12.4 Å². The Morgan fingerprint density at radius 3 is 2.41 bits per heavy atom. The first-order chi connectivity index (χ1) is 10.5. The third kappa shape index (κ3) is 4.81. The van der Waals surface area contributed by atoms with Crippen LogP contribution in [0.2, 0.25) is 0 Å². The molecule has 1 aromatic heterocycles. The molecule has 1 heterocycles. The Morgan fingerprint density at radius 2 is 1.82 bits per heavy atom. The zero-order valence-corrected chi connectivity index (χ0v) is 13.8. The first-order valence-corrected chi connectivity index (χ1v) is 9.21. The first-order valence-electron chi connectivity index (χ1n) is 7.55. The number of nitrogens with one attached hydrogen (secondary N) is 1. The van der Waals surface area contributed by atoms with Gasteiger partial charge in [-0.2, -0.15) is 0 Å². The molecule has 124 valence electrons. The maximum Gasteiger partial charge on any atom is 0.278 e. The van der Waals surface area contributed by atoms with Crippen molar-refractivity contribution in [2.45, 2.75) is 51.2 Å². The van der Waals surface area contributed by atoms with E-state index in [9.17, 15) is 8.42 Å². The van der Waals surface area contributed by atoms with E-state index in [1.165, 1.54) is 7.11 Å². The molecule has 8 heteroatoms. The molecule has 7 nitrogen and oxygen atoms in total. The lowest BCUT2D eigenvalue weighted by molar-refractivity contribution is 0.132. The number of hydrogen-bond acceptors (Lipinski definition) is 6. The molecule has 0 saturated heterocycles. The quantitative estimate of drug-likeness (QED) is 0.815. The van der Waals surface area contributed by atoms with E-state index in [-0.39, 0.29) is 17.9 Å². The van der Waals surface area contributed by atoms with Crippen molar-refractivity contribution in [3.05, 3.63) is 12.4 Å². The summed E-state index contributed by atoms with van der Waals surface area (Å²) in [6, 6.07) is 0.000142. The zero-order chi connectivity index (χ0) is 16.0. The average Bonchev–Trinajstić information content (AvgIpc) is 2.49. The number of methoxy groups -OCH3 is 1. The number of hydrogen-bond donors (Lipinski definition) is 1. The monoisotopic (exact) mass is 329 g/mol. The van der Waals surface area contributed by atoms with Crippen molar-refractivity contribution in [1.29, 1.82) is 0 Å². The number of ether oxygens (including phenoxy) is 2. The van der Waals surface area contributed by atoms with Crippen LogP contribution in [0.4, 0.5) is 0 Å². The minimum Gasteiger partial charge on any atom is -0.477 e. The van der Waals surface area contributed by atoms with E-state index in [1.54, 1.807) is 12.4 Å². The number of nitrogens with zero attached hydrogens (tertiary/aromatic N) is 2. The van der Waals surface area contributed by atoms with Crippen LogP contribution in [0.25, 0.3) is 0 Å². The summed E-state index contributed by atoms with van der Waals surface area (Å²) in [6.45, 7) is 1.86. The highest BCUT2D eigenvalue weighted by Crippen LogP contribution is 2.27. The lowest BCUT2D eigenvalue weighted by atomic mass is 9.94. The molecule has 0 atom stereocenters. The normalized spacial score (nSPS) is 22.3. The van der Waals surface area contributed by atoms with Gasteiger partial charge >= 0.3 is 0 Å². The summed E-state index contributed by atoms with van der Waals surface area (Å²) in [5.74, 6) is 0.938. The zero-order valence-electron chi connectivity index (χ0n) is 13.0. The minimum atomic E-state index is -3.15. The van der Waals surface area contributed by atoms with Gasteiger partial charge in [-0.15, -0.1) is 0 Å². The van der Waals surface area contributed by atoms with Crippen LogP contribution in [0.3, 0.4) is 0 Å². The number of aromatic nitrogens is 2. The molecule has 1 fully saturated rings. The Balaban J connectivity index is 1.85. The molecule has 0 unspecified atom stereocenters. The van der Waals surface area contributed by atoms with Crippen LogP contribution >= 0.6 is 0 Å². The molecule has 1 N–H and O–H groups in total. The second-order valence-corrected chi connectivity index (χ2v) is 7.27. The molecular weight excluding hydrogens is 306 g/mol. The van der Waals surface area contributed by atoms with Crippen molar-refractivity contribution in [2.75, 3.05) is 12.9 Å². The number of rotatable bonds is 7. The van der Waals surface area contributed by atoms with Crippen LogP contribution in [-0.2, 0) is 10.0 Å². The van der Waals surface area contributed by atoms with Gasteiger partial charge in [-0.1, -0.05) is 6.92 Å². The lowest BCUT2D eigenvalue weighted by Crippen LogP contribution is -2.40. The SMILES string of the molecule is CCCS(=O)(=O)NC1CCC(Oc2nccnc2OC)CC1. The van der Waals surface area contributed by atoms with Gasteiger partial charge in [0.05, 0.1) is 12.9 Å². The third-order valence-electron chi connectivity index (χ3n) is 3.60. The Kier molecular flexibility index (Phi) is 5.96. The molecule has 2 rings (SSSR count). The summed E-state index contributed by atoms with van der Waals surface area (Å²) in [5, 5.41) is 0. The topological polar surface area (TPSA) is 90.4 Å². The number of sulfonamides is 1. The average molecular weight is 329 g/mol. The van der Waals surface area contributed by atoms with E-state index in [0.29, 0.717) is 18.2 Å². The second-order valence-electron chi connectivity index (χ2n) is 5.40. The Labute approximate surface area is 131 Å². The maximum atomic E-state index is 11.8. The van der Waals surface area contributed by atoms with Gasteiger partial charge in [0.15, 0.2) is 0 Å². The van der Waals surface area contributed by atoms with Gasteiger partial charge in [-0.25, -0.2) is 23.1 Å². The van der Waals surface area contributed by atoms with Crippen molar-refractivity contribution < 1.29 is 17.9 Å². The second kappa shape index (κ2) is 7.73. The van der Waals surface area contributed by atoms with Crippen LogP contribution in [-0.4, -0.2) is 43.4 Å². The fourth-order valence-corrected chi connectivity index (χ4v) is 3.97. The van der Waals surface area contributed by atoms with Crippen molar-refractivity contribution in [3.63, 3.8) is 0 Å². The van der Waals surface area contributed by atoms with Crippen LogP contribution in [0, 0.1) is 0 Å². The summed E-state index contributed by atoms with van der Waals surface area (Å²) >= 11 is 0. The molecule has 22 heavy (non-hydrogen) atoms. The highest BCUT2D eigenvalue weighted by atomic mass is 32.2. The Hall–Kier alpha value is -1.41. The van der Waals surface area contributed by atoms with E-state index in [2.05, 4.69) is 14.7 Å². The van der Waals surface area contributed by atoms with Crippen LogP contribution in [0.5, 0.6) is 11.8 Å². The summed E-state index contributed by atoms with van der Waals surface area (Å²) < 4.78 is 37.3. The van der Waals surface area contributed by atoms with Gasteiger partial charge in [-0.3, -0.25) is 0 Å². The van der Waals surface area contributed by atoms with Crippen molar-refractivity contribution in [2.24, 2.45) is 0 Å². The molecule has 0 amide bonds. The fourth-order valence-electron chi connectivity index (χ4n) is 2.57. The Bertz CT molecular complexity index is 571. The predicted octanol–water partition coefficient (Wildman–Crippen LogP) is 1.50. The van der Waals surface area contributed by atoms with Crippen molar-refractivity contribution in [3.8, 4) is 11.8 Å². The van der Waals surface area contributed by atoms with E-state index in [1.807, 2.05) is 6.92 Å². The fraction of sp³-hybridized carbons (Fsp3) is 0.714. The van der Waals surface area contributed by atoms with E-state index in [0.717, 1.165) is 25.7 Å². The van der Waals surface area contributed by atoms with Gasteiger partial charge in [0, 0.05) is 18.4 Å². The van der Waals surface area contributed by atoms with Crippen molar-refractivity contribution >= 4 is 10.0 Å². The van der Waals surface area contributed by atoms with Crippen LogP contribution < -0.4 is 14.2 Å². The summed E-state index contributed by atoms with van der Waals surface area (Å²) in [6.07, 6.45) is 6.82. The van der Waals surface area contributed by atoms with E-state index < -0.39 is 10.0 Å². The minimum absolute atomic E-state index is 0.000142. The standard InChI is InChI=1S/C14H23N3O4S/c1-3-10-22(18,19)17-11-4-6-12(7-5-11)21-14-13(20-2)15-8-9-16-14/h8-9,11-12,17H,3-7,10H2,1-2H3. The van der Waals surface area contributed by atoms with Crippen molar-refractivity contribution in [1.82, 2.24) is 14.7 Å². The van der Waals surface area contributed by atoms with Gasteiger partial charge in [-0.05, 0) is 32.1 Å². The highest BCUT2D eigenvalue weighted by Gasteiger charge is 2.26. The summed E-state index contributed by atoms with van der Waals surface area (Å²) in [5.41, 5.74) is 0. The molecule has 1 saturated carbocycles. The first kappa shape index (κ1) is 17.0. The van der Waals surface area contributed by atoms with E-state index in [4.69, 9.17) is 9.47 Å². The van der Waals surface area contributed by atoms with Crippen LogP contribution in [0.1, 0.15) is 39.0 Å². The largest absolute Gasteiger partial charge is 0.477 e. The van der Waals surface area contributed by atoms with E-state index >= 15 is 0 Å². The molecule has 0 aromatic carbocycles. The predicted molar refractivity (Wildman–Crippen MR) is 82.5 cm³/mol. The highest BCUT2D eigenvalue weighted by molar-refractivity contribution is 7.89. The van der Waals surface area contributed by atoms with Gasteiger partial charge in [0.2, 0.25) is 10.0 Å². The van der Waals surface area contributed by atoms with Gasteiger partial charge in [0.1, 0.15) is 6.10 Å². The molecule has 1 aromatic rings. The summed E-state index contributed by atoms with van der Waals surface area (Å²) in [7, 11) is -1.63. The molecule has 0 radical (unpaired) electrons. The van der Waals surface area contributed by atoms with Gasteiger partial charge in [0.25, 0.3) is 11.8 Å². The molecule has 0 spiro atoms. The molecule has 0 aliphatic heterocycles. The molecule has 1 aliphatic rings. The molecule has 0 bridgehead atoms. The maximum absolute atomic E-state index is 11.8. The Morgan fingerprint density at radius 1 is 1.18 bits per heavy atom. The molecular formula is C14H23N3O4S. The third-order valence-corrected chi connectivity index (χ3v) is 5.24. The summed E-state index contributed by atoms with van der Waals surface area (Å²) in [4.78, 5) is 8.17. The molecule has 1 aliphatic carbocycles.